The summed E-state index contributed by atoms with van der Waals surface area (Å²) >= 11 is 9.56. The molecule has 1 aromatic rings. The van der Waals surface area contributed by atoms with E-state index < -0.39 is 0 Å². The van der Waals surface area contributed by atoms with Crippen molar-refractivity contribution in [1.29, 1.82) is 0 Å². The highest BCUT2D eigenvalue weighted by atomic mass is 79.9. The molecule has 19 heavy (non-hydrogen) atoms. The first-order valence-electron chi connectivity index (χ1n) is 6.57. The molecule has 1 heterocycles. The maximum absolute atomic E-state index is 6.07. The van der Waals surface area contributed by atoms with Crippen LogP contribution < -0.4 is 5.73 Å². The van der Waals surface area contributed by atoms with E-state index in [2.05, 4.69) is 46.8 Å². The first-order chi connectivity index (χ1) is 9.04. The number of nitrogens with two attached hydrogens (primary N) is 1. The van der Waals surface area contributed by atoms with Crippen molar-refractivity contribution in [2.24, 2.45) is 5.73 Å². The van der Waals surface area contributed by atoms with Crippen LogP contribution in [-0.4, -0.2) is 36.7 Å². The van der Waals surface area contributed by atoms with E-state index in [0.717, 1.165) is 22.6 Å². The van der Waals surface area contributed by atoms with E-state index in [9.17, 15) is 0 Å². The molecule has 0 spiro atoms. The SMILES string of the molecule is CC(C)N1CCOC(CN)C1c1ccc(Cl)c(Br)c1. The quantitative estimate of drug-likeness (QED) is 0.912. The van der Waals surface area contributed by atoms with Gasteiger partial charge in [-0.05, 0) is 47.5 Å². The van der Waals surface area contributed by atoms with Crippen molar-refractivity contribution in [3.05, 3.63) is 33.3 Å². The molecule has 2 rings (SSSR count). The number of halogens is 2. The van der Waals surface area contributed by atoms with E-state index in [1.807, 2.05) is 6.07 Å². The Balaban J connectivity index is 2.36. The minimum Gasteiger partial charge on any atom is -0.374 e. The number of morpholine rings is 1. The smallest absolute Gasteiger partial charge is 0.0894 e. The Morgan fingerprint density at radius 3 is 2.84 bits per heavy atom. The second-order valence-electron chi connectivity index (χ2n) is 5.09. The summed E-state index contributed by atoms with van der Waals surface area (Å²) in [5, 5.41) is 0.723. The van der Waals surface area contributed by atoms with Gasteiger partial charge in [0.15, 0.2) is 0 Å². The standard InChI is InChI=1S/C14H20BrClN2O/c1-9(2)18-5-6-19-13(8-17)14(18)10-3-4-12(16)11(15)7-10/h3-4,7,9,13-14H,5-6,8,17H2,1-2H3. The molecule has 0 aromatic heterocycles. The molecule has 5 heteroatoms. The number of benzene rings is 1. The fourth-order valence-corrected chi connectivity index (χ4v) is 3.15. The maximum atomic E-state index is 6.07. The van der Waals surface area contributed by atoms with Gasteiger partial charge < -0.3 is 10.5 Å². The van der Waals surface area contributed by atoms with Gasteiger partial charge in [0.05, 0.1) is 23.8 Å². The fourth-order valence-electron chi connectivity index (χ4n) is 2.63. The fraction of sp³-hybridized carbons (Fsp3) is 0.571. The second kappa shape index (κ2) is 6.55. The minimum absolute atomic E-state index is 0.0317. The molecule has 0 amide bonds. The molecule has 0 radical (unpaired) electrons. The third kappa shape index (κ3) is 3.31. The van der Waals surface area contributed by atoms with Crippen molar-refractivity contribution in [2.75, 3.05) is 19.7 Å². The highest BCUT2D eigenvalue weighted by molar-refractivity contribution is 9.10. The van der Waals surface area contributed by atoms with Crippen molar-refractivity contribution in [3.63, 3.8) is 0 Å². The van der Waals surface area contributed by atoms with Gasteiger partial charge in [0.25, 0.3) is 0 Å². The van der Waals surface area contributed by atoms with Gasteiger partial charge in [-0.25, -0.2) is 0 Å². The molecule has 0 aliphatic carbocycles. The summed E-state index contributed by atoms with van der Waals surface area (Å²) in [4.78, 5) is 2.44. The summed E-state index contributed by atoms with van der Waals surface area (Å²) in [5.74, 6) is 0. The number of nitrogens with zero attached hydrogens (tertiary/aromatic N) is 1. The molecule has 106 valence electrons. The zero-order valence-corrected chi connectivity index (χ0v) is 13.6. The molecular weight excluding hydrogens is 328 g/mol. The number of ether oxygens (including phenoxy) is 1. The lowest BCUT2D eigenvalue weighted by atomic mass is 9.96. The van der Waals surface area contributed by atoms with Crippen molar-refractivity contribution in [1.82, 2.24) is 4.90 Å². The van der Waals surface area contributed by atoms with Crippen LogP contribution in [0.5, 0.6) is 0 Å². The van der Waals surface area contributed by atoms with Gasteiger partial charge >= 0.3 is 0 Å². The van der Waals surface area contributed by atoms with Crippen LogP contribution in [0.25, 0.3) is 0 Å². The lowest BCUT2D eigenvalue weighted by Crippen LogP contribution is -2.50. The van der Waals surface area contributed by atoms with Gasteiger partial charge in [-0.3, -0.25) is 4.90 Å². The molecule has 0 bridgehead atoms. The lowest BCUT2D eigenvalue weighted by Gasteiger charge is -2.43. The van der Waals surface area contributed by atoms with E-state index in [1.165, 1.54) is 5.56 Å². The maximum Gasteiger partial charge on any atom is 0.0894 e. The van der Waals surface area contributed by atoms with E-state index in [-0.39, 0.29) is 12.1 Å². The van der Waals surface area contributed by atoms with Gasteiger partial charge in [0, 0.05) is 23.6 Å². The van der Waals surface area contributed by atoms with Gasteiger partial charge in [-0.1, -0.05) is 17.7 Å². The third-order valence-corrected chi connectivity index (χ3v) is 4.79. The van der Waals surface area contributed by atoms with Crippen LogP contribution in [-0.2, 0) is 4.74 Å². The Labute approximate surface area is 128 Å². The zero-order chi connectivity index (χ0) is 14.0. The summed E-state index contributed by atoms with van der Waals surface area (Å²) in [7, 11) is 0. The summed E-state index contributed by atoms with van der Waals surface area (Å²) in [5.41, 5.74) is 7.07. The van der Waals surface area contributed by atoms with Crippen LogP contribution in [0.1, 0.15) is 25.5 Å². The van der Waals surface area contributed by atoms with Gasteiger partial charge in [-0.2, -0.15) is 0 Å². The summed E-state index contributed by atoms with van der Waals surface area (Å²) in [6, 6.07) is 6.69. The molecule has 1 aromatic carbocycles. The third-order valence-electron chi connectivity index (χ3n) is 3.57. The van der Waals surface area contributed by atoms with Crippen molar-refractivity contribution >= 4 is 27.5 Å². The normalized spacial score (nSPS) is 24.9. The first kappa shape index (κ1) is 15.3. The molecule has 2 atom stereocenters. The van der Waals surface area contributed by atoms with E-state index >= 15 is 0 Å². The second-order valence-corrected chi connectivity index (χ2v) is 6.36. The van der Waals surface area contributed by atoms with Gasteiger partial charge in [0.2, 0.25) is 0 Å². The molecule has 1 fully saturated rings. The molecule has 1 aliphatic heterocycles. The number of hydrogen-bond acceptors (Lipinski definition) is 3. The van der Waals surface area contributed by atoms with E-state index in [1.54, 1.807) is 0 Å². The Morgan fingerprint density at radius 1 is 1.53 bits per heavy atom. The number of hydrogen-bond donors (Lipinski definition) is 1. The van der Waals surface area contributed by atoms with E-state index in [4.69, 9.17) is 22.1 Å². The Hall–Kier alpha value is -0.130. The van der Waals surface area contributed by atoms with Gasteiger partial charge in [-0.15, -0.1) is 0 Å². The van der Waals surface area contributed by atoms with Gasteiger partial charge in [0.1, 0.15) is 0 Å². The topological polar surface area (TPSA) is 38.5 Å². The molecule has 1 saturated heterocycles. The molecule has 2 unspecified atom stereocenters. The predicted octanol–water partition coefficient (Wildman–Crippen LogP) is 3.21. The van der Waals surface area contributed by atoms with Crippen LogP contribution in [0.4, 0.5) is 0 Å². The Kier molecular flexibility index (Phi) is 5.26. The largest absolute Gasteiger partial charge is 0.374 e. The van der Waals surface area contributed by atoms with Crippen LogP contribution in [0.3, 0.4) is 0 Å². The van der Waals surface area contributed by atoms with Crippen LogP contribution >= 0.6 is 27.5 Å². The molecule has 2 N–H and O–H groups in total. The highest BCUT2D eigenvalue weighted by Gasteiger charge is 2.34. The average Bonchev–Trinajstić information content (AvgIpc) is 2.41. The Morgan fingerprint density at radius 2 is 2.26 bits per heavy atom. The minimum atomic E-state index is 0.0317. The van der Waals surface area contributed by atoms with Crippen molar-refractivity contribution in [2.45, 2.75) is 32.0 Å². The molecular formula is C14H20BrClN2O. The van der Waals surface area contributed by atoms with Crippen molar-refractivity contribution in [3.8, 4) is 0 Å². The summed E-state index contributed by atoms with van der Waals surface area (Å²) in [6.45, 7) is 6.60. The monoisotopic (exact) mass is 346 g/mol. The first-order valence-corrected chi connectivity index (χ1v) is 7.74. The Bertz CT molecular complexity index is 441. The van der Waals surface area contributed by atoms with Crippen LogP contribution in [0, 0.1) is 0 Å². The zero-order valence-electron chi connectivity index (χ0n) is 11.3. The van der Waals surface area contributed by atoms with Crippen molar-refractivity contribution < 1.29 is 4.74 Å². The van der Waals surface area contributed by atoms with E-state index in [0.29, 0.717) is 12.6 Å². The number of rotatable bonds is 3. The summed E-state index contributed by atoms with van der Waals surface area (Å²) < 4.78 is 6.74. The van der Waals surface area contributed by atoms with Crippen LogP contribution in [0.2, 0.25) is 5.02 Å². The average molecular weight is 348 g/mol. The lowest BCUT2D eigenvalue weighted by molar-refractivity contribution is -0.0789. The summed E-state index contributed by atoms with van der Waals surface area (Å²) in [6.07, 6.45) is 0.0317. The highest BCUT2D eigenvalue weighted by Crippen LogP contribution is 2.34. The molecule has 0 saturated carbocycles. The molecule has 1 aliphatic rings. The predicted molar refractivity (Wildman–Crippen MR) is 82.5 cm³/mol. The molecule has 3 nitrogen and oxygen atoms in total. The van der Waals surface area contributed by atoms with Crippen LogP contribution in [0.15, 0.2) is 22.7 Å².